The summed E-state index contributed by atoms with van der Waals surface area (Å²) in [6.07, 6.45) is 5.22. The van der Waals surface area contributed by atoms with Gasteiger partial charge in [-0.25, -0.2) is 26.8 Å². The molecule has 0 unspecified atom stereocenters. The minimum absolute atomic E-state index is 0.323. The van der Waals surface area contributed by atoms with Crippen LogP contribution in [0.3, 0.4) is 0 Å². The summed E-state index contributed by atoms with van der Waals surface area (Å²) in [7, 11) is -2.66. The van der Waals surface area contributed by atoms with E-state index in [1.165, 1.54) is 14.0 Å². The zero-order chi connectivity index (χ0) is 21.2. The van der Waals surface area contributed by atoms with Gasteiger partial charge in [0, 0.05) is 7.05 Å². The summed E-state index contributed by atoms with van der Waals surface area (Å²) in [5.41, 5.74) is -0.859. The fourth-order valence-corrected chi connectivity index (χ4v) is 3.76. The second kappa shape index (κ2) is 8.46. The molecule has 2 heterocycles. The van der Waals surface area contributed by atoms with Crippen LogP contribution in [0.15, 0.2) is 6.07 Å². The van der Waals surface area contributed by atoms with Crippen molar-refractivity contribution in [3.63, 3.8) is 0 Å². The van der Waals surface area contributed by atoms with Crippen LogP contribution in [0, 0.1) is 18.2 Å². The highest BCUT2D eigenvalue weighted by molar-refractivity contribution is 7.92. The van der Waals surface area contributed by atoms with Crippen LogP contribution >= 0.6 is 23.2 Å². The molecule has 0 aliphatic carbocycles. The number of nitrogens with zero attached hydrogens (tertiary/aromatic N) is 4. The van der Waals surface area contributed by atoms with Crippen LogP contribution in [-0.4, -0.2) is 42.1 Å². The van der Waals surface area contributed by atoms with Gasteiger partial charge in [0.25, 0.3) is 0 Å². The summed E-state index contributed by atoms with van der Waals surface area (Å²) < 4.78 is 70.0. The number of aryl methyl sites for hydroxylation is 1. The summed E-state index contributed by atoms with van der Waals surface area (Å²) in [4.78, 5) is 3.91. The highest BCUT2D eigenvalue weighted by Gasteiger charge is 2.28. The Hall–Kier alpha value is -2.16. The number of sulfonamides is 1. The molecule has 0 aliphatic heterocycles. The fraction of sp³-hybridized carbons (Fsp3) is 0.333. The summed E-state index contributed by atoms with van der Waals surface area (Å²) in [6, 6.07) is 0.798. The quantitative estimate of drug-likeness (QED) is 0.597. The first-order chi connectivity index (χ1) is 13.0. The van der Waals surface area contributed by atoms with E-state index in [-0.39, 0.29) is 22.3 Å². The standard InChI is InChI=1S/C15H13Cl2F3N4O3S/c1-4-6-24(28(25,26)5-2)13-8(16)7-9(18)11(21-13)12-10(17)14(23(3)22-12)27-15(19)20/h1,7,15H,5-6H2,2-3H3. The van der Waals surface area contributed by atoms with Gasteiger partial charge < -0.3 is 4.74 Å². The average Bonchev–Trinajstić information content (AvgIpc) is 2.88. The summed E-state index contributed by atoms with van der Waals surface area (Å²) in [5.74, 6) is -0.0448. The van der Waals surface area contributed by atoms with E-state index in [1.54, 1.807) is 0 Å². The normalized spacial score (nSPS) is 11.5. The Balaban J connectivity index is 2.69. The lowest BCUT2D eigenvalue weighted by Crippen LogP contribution is -2.33. The molecular weight excluding hydrogens is 444 g/mol. The van der Waals surface area contributed by atoms with Gasteiger partial charge in [0.2, 0.25) is 15.9 Å². The van der Waals surface area contributed by atoms with Gasteiger partial charge in [-0.05, 0) is 13.0 Å². The van der Waals surface area contributed by atoms with Gasteiger partial charge in [0.05, 0.1) is 17.3 Å². The number of alkyl halides is 2. The number of hydrogen-bond acceptors (Lipinski definition) is 5. The van der Waals surface area contributed by atoms with E-state index in [2.05, 4.69) is 20.7 Å². The zero-order valence-corrected chi connectivity index (χ0v) is 16.8. The first kappa shape index (κ1) is 22.1. The average molecular weight is 457 g/mol. The third kappa shape index (κ3) is 4.29. The van der Waals surface area contributed by atoms with Crippen LogP contribution in [0.2, 0.25) is 10.0 Å². The Morgan fingerprint density at radius 3 is 2.57 bits per heavy atom. The first-order valence-corrected chi connectivity index (χ1v) is 9.87. The fourth-order valence-electron chi connectivity index (χ4n) is 2.19. The number of ether oxygens (including phenoxy) is 1. The number of halogens is 5. The molecule has 0 bridgehead atoms. The Morgan fingerprint density at radius 2 is 2.04 bits per heavy atom. The van der Waals surface area contributed by atoms with Crippen molar-refractivity contribution >= 4 is 39.0 Å². The molecule has 0 fully saturated rings. The monoisotopic (exact) mass is 456 g/mol. The number of hydrogen-bond donors (Lipinski definition) is 0. The Morgan fingerprint density at radius 1 is 1.39 bits per heavy atom. The van der Waals surface area contributed by atoms with Crippen LogP contribution in [-0.2, 0) is 17.1 Å². The maximum absolute atomic E-state index is 14.5. The molecule has 0 aromatic carbocycles. The highest BCUT2D eigenvalue weighted by Crippen LogP contribution is 2.38. The number of aromatic nitrogens is 3. The van der Waals surface area contributed by atoms with E-state index in [9.17, 15) is 21.6 Å². The summed E-state index contributed by atoms with van der Waals surface area (Å²) in [5, 5.41) is 3.06. The molecule has 7 nitrogen and oxygen atoms in total. The lowest BCUT2D eigenvalue weighted by Gasteiger charge is -2.22. The van der Waals surface area contributed by atoms with Crippen molar-refractivity contribution in [2.45, 2.75) is 13.5 Å². The van der Waals surface area contributed by atoms with Gasteiger partial charge in [0.15, 0.2) is 11.6 Å². The second-order valence-electron chi connectivity index (χ2n) is 5.21. The molecule has 28 heavy (non-hydrogen) atoms. The van der Waals surface area contributed by atoms with Crippen LogP contribution in [0.25, 0.3) is 11.4 Å². The Kier molecular flexibility index (Phi) is 6.69. The number of rotatable bonds is 7. The predicted octanol–water partition coefficient (Wildman–Crippen LogP) is 3.32. The molecule has 0 aliphatic rings. The molecule has 2 aromatic rings. The number of anilines is 1. The van der Waals surface area contributed by atoms with Crippen LogP contribution in [0.4, 0.5) is 19.0 Å². The number of terminal acetylenes is 1. The van der Waals surface area contributed by atoms with E-state index >= 15 is 0 Å². The van der Waals surface area contributed by atoms with Crippen molar-refractivity contribution in [1.82, 2.24) is 14.8 Å². The molecule has 13 heteroatoms. The molecule has 0 N–H and O–H groups in total. The van der Waals surface area contributed by atoms with Crippen molar-refractivity contribution in [1.29, 1.82) is 0 Å². The van der Waals surface area contributed by atoms with Crippen molar-refractivity contribution in [2.75, 3.05) is 16.6 Å². The lowest BCUT2D eigenvalue weighted by molar-refractivity contribution is -0.0552. The van der Waals surface area contributed by atoms with Crippen molar-refractivity contribution in [2.24, 2.45) is 7.05 Å². The lowest BCUT2D eigenvalue weighted by atomic mass is 10.2. The molecule has 0 saturated carbocycles. The SMILES string of the molecule is C#CCN(c1nc(-c2nn(C)c(OC(F)F)c2Cl)c(F)cc1Cl)S(=O)(=O)CC. The Labute approximate surface area is 169 Å². The molecule has 152 valence electrons. The maximum Gasteiger partial charge on any atom is 0.388 e. The summed E-state index contributed by atoms with van der Waals surface area (Å²) >= 11 is 12.0. The smallest absolute Gasteiger partial charge is 0.388 e. The third-order valence-electron chi connectivity index (χ3n) is 3.45. The van der Waals surface area contributed by atoms with E-state index in [0.717, 1.165) is 15.1 Å². The van der Waals surface area contributed by atoms with Crippen LogP contribution < -0.4 is 9.04 Å². The van der Waals surface area contributed by atoms with E-state index in [1.807, 2.05) is 0 Å². The molecule has 0 saturated heterocycles. The number of pyridine rings is 1. The van der Waals surface area contributed by atoms with Gasteiger partial charge in [0.1, 0.15) is 16.4 Å². The van der Waals surface area contributed by atoms with E-state index < -0.39 is 45.6 Å². The van der Waals surface area contributed by atoms with Crippen molar-refractivity contribution in [3.05, 3.63) is 21.9 Å². The third-order valence-corrected chi connectivity index (χ3v) is 5.77. The van der Waals surface area contributed by atoms with Crippen LogP contribution in [0.1, 0.15) is 6.92 Å². The van der Waals surface area contributed by atoms with Crippen molar-refractivity contribution in [3.8, 4) is 29.6 Å². The minimum atomic E-state index is -3.90. The maximum atomic E-state index is 14.5. The Bertz CT molecular complexity index is 1040. The summed E-state index contributed by atoms with van der Waals surface area (Å²) in [6.45, 7) is -2.23. The molecule has 0 amide bonds. The van der Waals surface area contributed by atoms with Gasteiger partial charge in [-0.1, -0.05) is 29.1 Å². The van der Waals surface area contributed by atoms with Gasteiger partial charge in [-0.2, -0.15) is 13.9 Å². The largest absolute Gasteiger partial charge is 0.416 e. The second-order valence-corrected chi connectivity index (χ2v) is 8.17. The van der Waals surface area contributed by atoms with E-state index in [4.69, 9.17) is 29.6 Å². The van der Waals surface area contributed by atoms with Gasteiger partial charge >= 0.3 is 6.61 Å². The van der Waals surface area contributed by atoms with Crippen LogP contribution in [0.5, 0.6) is 5.88 Å². The molecule has 2 rings (SSSR count). The minimum Gasteiger partial charge on any atom is -0.416 e. The van der Waals surface area contributed by atoms with Gasteiger partial charge in [-0.15, -0.1) is 6.42 Å². The zero-order valence-electron chi connectivity index (χ0n) is 14.5. The van der Waals surface area contributed by atoms with E-state index in [0.29, 0.717) is 0 Å². The highest BCUT2D eigenvalue weighted by atomic mass is 35.5. The molecule has 2 aromatic heterocycles. The molecule has 0 atom stereocenters. The molecule has 0 radical (unpaired) electrons. The first-order valence-electron chi connectivity index (χ1n) is 7.51. The topological polar surface area (TPSA) is 77.3 Å². The molecule has 0 spiro atoms. The molecular formula is C15H13Cl2F3N4O3S. The predicted molar refractivity (Wildman–Crippen MR) is 98.7 cm³/mol. The van der Waals surface area contributed by atoms with Crippen molar-refractivity contribution < 1.29 is 26.3 Å². The van der Waals surface area contributed by atoms with Gasteiger partial charge in [-0.3, -0.25) is 0 Å².